The Hall–Kier alpha value is -1.20. The summed E-state index contributed by atoms with van der Waals surface area (Å²) < 4.78 is 10.9. The lowest BCUT2D eigenvalue weighted by Gasteiger charge is -2.08. The molecule has 16 heavy (non-hydrogen) atoms. The fourth-order valence-corrected chi connectivity index (χ4v) is 1.70. The van der Waals surface area contributed by atoms with E-state index in [0.29, 0.717) is 5.56 Å². The normalized spacial score (nSPS) is 13.4. The summed E-state index contributed by atoms with van der Waals surface area (Å²) in [5.74, 6) is -1.11. The summed E-state index contributed by atoms with van der Waals surface area (Å²) in [6.45, 7) is 0. The molecule has 0 amide bonds. The summed E-state index contributed by atoms with van der Waals surface area (Å²) in [5.41, 5.74) is 5.94. The van der Waals surface area contributed by atoms with Gasteiger partial charge in [0.2, 0.25) is 0 Å². The van der Waals surface area contributed by atoms with Crippen LogP contribution in [0, 0.1) is 0 Å². The zero-order chi connectivity index (χ0) is 12.3. The third-order valence-corrected chi connectivity index (χ3v) is 3.02. The predicted molar refractivity (Wildman–Crippen MR) is 57.4 cm³/mol. The molecule has 88 valence electrons. The summed E-state index contributed by atoms with van der Waals surface area (Å²) in [4.78, 5) is 28.2. The van der Waals surface area contributed by atoms with Crippen molar-refractivity contribution in [2.24, 2.45) is 5.73 Å². The van der Waals surface area contributed by atoms with Crippen LogP contribution in [0.1, 0.15) is 5.56 Å². The van der Waals surface area contributed by atoms with Gasteiger partial charge in [-0.05, 0) is 24.1 Å². The fourth-order valence-electron chi connectivity index (χ4n) is 1.17. The van der Waals surface area contributed by atoms with Gasteiger partial charge in [0.25, 0.3) is 0 Å². The number of carboxylic acids is 1. The minimum atomic E-state index is -4.24. The first-order valence-electron chi connectivity index (χ1n) is 4.44. The van der Waals surface area contributed by atoms with Crippen LogP contribution in [0.4, 0.5) is 0 Å². The summed E-state index contributed by atoms with van der Waals surface area (Å²) >= 11 is 0. The maximum atomic E-state index is 10.9. The van der Waals surface area contributed by atoms with Crippen LogP contribution in [0.5, 0.6) is 0 Å². The van der Waals surface area contributed by atoms with Crippen molar-refractivity contribution in [1.29, 1.82) is 0 Å². The lowest BCUT2D eigenvalue weighted by Crippen LogP contribution is -2.32. The van der Waals surface area contributed by atoms with Gasteiger partial charge in [0, 0.05) is 0 Å². The van der Waals surface area contributed by atoms with Crippen molar-refractivity contribution < 1.29 is 24.3 Å². The molecular weight excluding hydrogens is 233 g/mol. The number of benzene rings is 1. The Kier molecular flexibility index (Phi) is 3.83. The van der Waals surface area contributed by atoms with Gasteiger partial charge in [-0.2, -0.15) is 0 Å². The van der Waals surface area contributed by atoms with Crippen LogP contribution in [0.15, 0.2) is 24.3 Å². The van der Waals surface area contributed by atoms with Gasteiger partial charge in [0.15, 0.2) is 0 Å². The number of carbonyl (C=O) groups is 1. The molecule has 0 aromatic heterocycles. The molecule has 0 saturated carbocycles. The lowest BCUT2D eigenvalue weighted by atomic mass is 10.1. The van der Waals surface area contributed by atoms with E-state index in [1.165, 1.54) is 24.3 Å². The topological polar surface area (TPSA) is 121 Å². The number of aliphatic carboxylic acids is 1. The molecule has 1 aromatic carbocycles. The van der Waals surface area contributed by atoms with Crippen LogP contribution in [0.3, 0.4) is 0 Å². The van der Waals surface area contributed by atoms with Crippen molar-refractivity contribution in [2.45, 2.75) is 12.5 Å². The van der Waals surface area contributed by atoms with Crippen molar-refractivity contribution in [2.75, 3.05) is 0 Å². The van der Waals surface area contributed by atoms with Gasteiger partial charge >= 0.3 is 13.6 Å². The highest BCUT2D eigenvalue weighted by atomic mass is 31.2. The van der Waals surface area contributed by atoms with Crippen molar-refractivity contribution in [1.82, 2.24) is 0 Å². The molecule has 0 aliphatic rings. The van der Waals surface area contributed by atoms with E-state index >= 15 is 0 Å². The summed E-state index contributed by atoms with van der Waals surface area (Å²) in [6, 6.07) is 4.44. The third kappa shape index (κ3) is 3.43. The Labute approximate surface area is 91.9 Å². The van der Waals surface area contributed by atoms with Gasteiger partial charge in [0.1, 0.15) is 6.04 Å². The lowest BCUT2D eigenvalue weighted by molar-refractivity contribution is -0.138. The number of carboxylic acid groups (broad SMARTS) is 1. The average molecular weight is 245 g/mol. The van der Waals surface area contributed by atoms with E-state index in [2.05, 4.69) is 0 Å². The number of rotatable bonds is 4. The van der Waals surface area contributed by atoms with Crippen LogP contribution in [-0.4, -0.2) is 26.9 Å². The van der Waals surface area contributed by atoms with Crippen LogP contribution < -0.4 is 11.0 Å². The highest BCUT2D eigenvalue weighted by Crippen LogP contribution is 2.32. The third-order valence-electron chi connectivity index (χ3n) is 2.05. The van der Waals surface area contributed by atoms with Crippen molar-refractivity contribution in [3.63, 3.8) is 0 Å². The molecule has 1 rings (SSSR count). The standard InChI is InChI=1S/C9H12NO5P/c10-8(9(11)12)5-6-1-3-7(4-2-6)16(13,14)15/h1-4,8H,5,10H2,(H,11,12)(H2,13,14,15)/t8-/m0/s1. The summed E-state index contributed by atoms with van der Waals surface area (Å²) in [7, 11) is -4.24. The molecule has 5 N–H and O–H groups in total. The smallest absolute Gasteiger partial charge is 0.356 e. The largest absolute Gasteiger partial charge is 0.480 e. The van der Waals surface area contributed by atoms with E-state index in [0.717, 1.165) is 0 Å². The first kappa shape index (κ1) is 12.9. The zero-order valence-electron chi connectivity index (χ0n) is 8.28. The van der Waals surface area contributed by atoms with Gasteiger partial charge in [-0.1, -0.05) is 12.1 Å². The molecule has 0 fully saturated rings. The SMILES string of the molecule is N[C@@H](Cc1ccc(P(=O)(O)O)cc1)C(=O)O. The zero-order valence-corrected chi connectivity index (χ0v) is 9.17. The van der Waals surface area contributed by atoms with E-state index in [4.69, 9.17) is 20.6 Å². The highest BCUT2D eigenvalue weighted by molar-refractivity contribution is 7.60. The molecule has 0 heterocycles. The second kappa shape index (κ2) is 4.76. The Morgan fingerprint density at radius 2 is 1.81 bits per heavy atom. The van der Waals surface area contributed by atoms with Gasteiger partial charge in [-0.25, -0.2) is 0 Å². The molecule has 1 atom stereocenters. The monoisotopic (exact) mass is 245 g/mol. The minimum Gasteiger partial charge on any atom is -0.480 e. The average Bonchev–Trinajstić information content (AvgIpc) is 2.17. The van der Waals surface area contributed by atoms with Crippen LogP contribution in [0.2, 0.25) is 0 Å². The highest BCUT2D eigenvalue weighted by Gasteiger charge is 2.17. The molecule has 0 aliphatic heterocycles. The van der Waals surface area contributed by atoms with Crippen LogP contribution >= 0.6 is 7.60 Å². The van der Waals surface area contributed by atoms with Crippen molar-refractivity contribution >= 4 is 18.9 Å². The van der Waals surface area contributed by atoms with Crippen LogP contribution in [-0.2, 0) is 15.8 Å². The molecule has 0 aliphatic carbocycles. The van der Waals surface area contributed by atoms with Crippen molar-refractivity contribution in [3.8, 4) is 0 Å². The molecule has 1 aromatic rings. The summed E-state index contributed by atoms with van der Waals surface area (Å²) in [6.07, 6.45) is 0.122. The molecule has 0 spiro atoms. The first-order chi connectivity index (χ1) is 7.30. The molecule has 7 heteroatoms. The first-order valence-corrected chi connectivity index (χ1v) is 6.05. The number of hydrogen-bond acceptors (Lipinski definition) is 3. The number of hydrogen-bond donors (Lipinski definition) is 4. The van der Waals surface area contributed by atoms with Gasteiger partial charge in [0.05, 0.1) is 5.30 Å². The van der Waals surface area contributed by atoms with Gasteiger partial charge < -0.3 is 20.6 Å². The molecule has 6 nitrogen and oxygen atoms in total. The Balaban J connectivity index is 2.80. The van der Waals surface area contributed by atoms with Gasteiger partial charge in [-0.15, -0.1) is 0 Å². The van der Waals surface area contributed by atoms with E-state index in [-0.39, 0.29) is 11.7 Å². The maximum absolute atomic E-state index is 10.9. The molecule has 0 saturated heterocycles. The Morgan fingerprint density at radius 3 is 2.19 bits per heavy atom. The molecular formula is C9H12NO5P. The van der Waals surface area contributed by atoms with E-state index in [1.807, 2.05) is 0 Å². The maximum Gasteiger partial charge on any atom is 0.356 e. The van der Waals surface area contributed by atoms with Crippen molar-refractivity contribution in [3.05, 3.63) is 29.8 Å². The summed E-state index contributed by atoms with van der Waals surface area (Å²) in [5, 5.41) is 8.48. The minimum absolute atomic E-state index is 0.0971. The van der Waals surface area contributed by atoms with Gasteiger partial charge in [-0.3, -0.25) is 9.36 Å². The predicted octanol–water partition coefficient (Wildman–Crippen LogP) is -0.556. The van der Waals surface area contributed by atoms with E-state index < -0.39 is 19.6 Å². The second-order valence-electron chi connectivity index (χ2n) is 3.36. The number of nitrogens with two attached hydrogens (primary N) is 1. The molecule has 0 unspecified atom stereocenters. The fraction of sp³-hybridized carbons (Fsp3) is 0.222. The molecule has 0 bridgehead atoms. The second-order valence-corrected chi connectivity index (χ2v) is 4.96. The van der Waals surface area contributed by atoms with E-state index in [1.54, 1.807) is 0 Å². The van der Waals surface area contributed by atoms with Crippen LogP contribution in [0.25, 0.3) is 0 Å². The quantitative estimate of drug-likeness (QED) is 0.528. The Bertz CT molecular complexity index is 424. The molecule has 0 radical (unpaired) electrons. The van der Waals surface area contributed by atoms with E-state index in [9.17, 15) is 9.36 Å². The Morgan fingerprint density at radius 1 is 1.31 bits per heavy atom.